The molecule has 0 aliphatic heterocycles. The first kappa shape index (κ1) is 14.9. The second-order valence-electron chi connectivity index (χ2n) is 4.72. The highest BCUT2D eigenvalue weighted by molar-refractivity contribution is 5.73. The van der Waals surface area contributed by atoms with E-state index in [0.29, 0.717) is 0 Å². The SMILES string of the molecule is CC(C)(C)OC(=O)C(F)Oc1ccc([N+](=O)[O-])cc1. The fraction of sp³-hybridized carbons (Fsp3) is 0.417. The molecule has 0 bridgehead atoms. The average molecular weight is 271 g/mol. The summed E-state index contributed by atoms with van der Waals surface area (Å²) in [7, 11) is 0. The first-order chi connectivity index (χ1) is 8.69. The largest absolute Gasteiger partial charge is 0.455 e. The van der Waals surface area contributed by atoms with Crippen molar-refractivity contribution in [3.05, 3.63) is 34.4 Å². The van der Waals surface area contributed by atoms with Crippen LogP contribution in [0.2, 0.25) is 0 Å². The Hall–Kier alpha value is -2.18. The van der Waals surface area contributed by atoms with Crippen molar-refractivity contribution in [3.8, 4) is 5.75 Å². The second-order valence-corrected chi connectivity index (χ2v) is 4.72. The molecule has 1 aromatic rings. The number of ether oxygens (including phenoxy) is 2. The van der Waals surface area contributed by atoms with Crippen molar-refractivity contribution in [1.29, 1.82) is 0 Å². The number of nitro groups is 1. The third-order valence-corrected chi connectivity index (χ3v) is 1.88. The quantitative estimate of drug-likeness (QED) is 0.478. The van der Waals surface area contributed by atoms with Gasteiger partial charge in [-0.05, 0) is 32.9 Å². The number of non-ortho nitro benzene ring substituents is 1. The van der Waals surface area contributed by atoms with Crippen molar-refractivity contribution in [1.82, 2.24) is 0 Å². The van der Waals surface area contributed by atoms with E-state index in [1.807, 2.05) is 0 Å². The summed E-state index contributed by atoms with van der Waals surface area (Å²) in [4.78, 5) is 21.1. The van der Waals surface area contributed by atoms with Crippen LogP contribution in [-0.4, -0.2) is 22.9 Å². The van der Waals surface area contributed by atoms with Crippen LogP contribution < -0.4 is 4.74 Å². The van der Waals surface area contributed by atoms with Gasteiger partial charge in [0.05, 0.1) is 4.92 Å². The highest BCUT2D eigenvalue weighted by atomic mass is 19.1. The molecule has 0 aromatic heterocycles. The van der Waals surface area contributed by atoms with Crippen LogP contribution >= 0.6 is 0 Å². The number of esters is 1. The zero-order valence-electron chi connectivity index (χ0n) is 10.8. The highest BCUT2D eigenvalue weighted by Crippen LogP contribution is 2.19. The first-order valence-corrected chi connectivity index (χ1v) is 5.47. The number of nitro benzene ring substituents is 1. The van der Waals surface area contributed by atoms with Crippen LogP contribution in [0.5, 0.6) is 5.75 Å². The summed E-state index contributed by atoms with van der Waals surface area (Å²) in [5.41, 5.74) is -0.972. The Bertz CT molecular complexity index is 466. The Balaban J connectivity index is 2.64. The minimum absolute atomic E-state index is 0.00367. The summed E-state index contributed by atoms with van der Waals surface area (Å²) in [6.07, 6.45) is -2.28. The zero-order valence-corrected chi connectivity index (χ0v) is 10.8. The van der Waals surface area contributed by atoms with Crippen LogP contribution in [0.15, 0.2) is 24.3 Å². The van der Waals surface area contributed by atoms with Gasteiger partial charge in [0.2, 0.25) is 0 Å². The maximum atomic E-state index is 13.4. The molecule has 0 aliphatic carbocycles. The number of rotatable bonds is 4. The minimum Gasteiger partial charge on any atom is -0.455 e. The standard InChI is InChI=1S/C12H14FNO5/c1-12(2,3)19-11(15)10(13)18-9-6-4-8(5-7-9)14(16)17/h4-7,10H,1-3H3. The molecule has 6 nitrogen and oxygen atoms in total. The van der Waals surface area contributed by atoms with Gasteiger partial charge in [-0.15, -0.1) is 0 Å². The molecule has 19 heavy (non-hydrogen) atoms. The topological polar surface area (TPSA) is 78.7 Å². The number of hydrogen-bond donors (Lipinski definition) is 0. The van der Waals surface area contributed by atoms with Crippen molar-refractivity contribution in [2.24, 2.45) is 0 Å². The fourth-order valence-electron chi connectivity index (χ4n) is 1.16. The smallest absolute Gasteiger partial charge is 0.381 e. The zero-order chi connectivity index (χ0) is 14.6. The lowest BCUT2D eigenvalue weighted by molar-refractivity contribution is -0.384. The molecule has 1 aromatic carbocycles. The second kappa shape index (κ2) is 5.64. The van der Waals surface area contributed by atoms with E-state index in [-0.39, 0.29) is 11.4 Å². The van der Waals surface area contributed by atoms with Gasteiger partial charge in [-0.3, -0.25) is 10.1 Å². The summed E-state index contributed by atoms with van der Waals surface area (Å²) in [5.74, 6) is -1.14. The molecule has 1 unspecified atom stereocenters. The van der Waals surface area contributed by atoms with Gasteiger partial charge < -0.3 is 9.47 Å². The van der Waals surface area contributed by atoms with E-state index in [1.165, 1.54) is 12.1 Å². The van der Waals surface area contributed by atoms with Crippen LogP contribution in [0, 0.1) is 10.1 Å². The van der Waals surface area contributed by atoms with E-state index in [4.69, 9.17) is 9.47 Å². The van der Waals surface area contributed by atoms with Crippen LogP contribution in [0.3, 0.4) is 0 Å². The van der Waals surface area contributed by atoms with E-state index in [9.17, 15) is 19.3 Å². The Morgan fingerprint density at radius 1 is 1.32 bits per heavy atom. The van der Waals surface area contributed by atoms with Gasteiger partial charge in [0.15, 0.2) is 0 Å². The van der Waals surface area contributed by atoms with E-state index < -0.39 is 22.9 Å². The molecule has 0 radical (unpaired) electrons. The third kappa shape index (κ3) is 4.90. The molecule has 7 heteroatoms. The van der Waals surface area contributed by atoms with Crippen LogP contribution in [0.25, 0.3) is 0 Å². The summed E-state index contributed by atoms with van der Waals surface area (Å²) >= 11 is 0. The molecule has 0 fully saturated rings. The van der Waals surface area contributed by atoms with Gasteiger partial charge in [0.25, 0.3) is 5.69 Å². The number of carbonyl (C=O) groups is 1. The normalized spacial score (nSPS) is 12.6. The van der Waals surface area contributed by atoms with Crippen molar-refractivity contribution in [2.45, 2.75) is 32.7 Å². The Morgan fingerprint density at radius 3 is 2.26 bits per heavy atom. The Kier molecular flexibility index (Phi) is 4.42. The molecular weight excluding hydrogens is 257 g/mol. The fourth-order valence-corrected chi connectivity index (χ4v) is 1.16. The number of nitrogens with zero attached hydrogens (tertiary/aromatic N) is 1. The van der Waals surface area contributed by atoms with Crippen LogP contribution in [-0.2, 0) is 9.53 Å². The predicted molar refractivity (Wildman–Crippen MR) is 64.5 cm³/mol. The summed E-state index contributed by atoms with van der Waals surface area (Å²) in [6, 6.07) is 4.71. The lowest BCUT2D eigenvalue weighted by atomic mass is 10.2. The lowest BCUT2D eigenvalue weighted by Crippen LogP contribution is -2.32. The molecule has 0 spiro atoms. The van der Waals surface area contributed by atoms with Crippen molar-refractivity contribution >= 4 is 11.7 Å². The van der Waals surface area contributed by atoms with Gasteiger partial charge in [-0.2, -0.15) is 4.39 Å². The first-order valence-electron chi connectivity index (χ1n) is 5.47. The number of alkyl halides is 1. The van der Waals surface area contributed by atoms with E-state index in [2.05, 4.69) is 0 Å². The van der Waals surface area contributed by atoms with Crippen molar-refractivity contribution < 1.29 is 23.6 Å². The van der Waals surface area contributed by atoms with E-state index in [0.717, 1.165) is 12.1 Å². The Labute approximate surface area is 109 Å². The molecule has 0 N–H and O–H groups in total. The van der Waals surface area contributed by atoms with Gasteiger partial charge in [0.1, 0.15) is 11.4 Å². The van der Waals surface area contributed by atoms with Crippen molar-refractivity contribution in [3.63, 3.8) is 0 Å². The Morgan fingerprint density at radius 2 is 1.84 bits per heavy atom. The highest BCUT2D eigenvalue weighted by Gasteiger charge is 2.26. The molecule has 0 heterocycles. The maximum absolute atomic E-state index is 13.4. The molecule has 104 valence electrons. The minimum atomic E-state index is -2.28. The number of hydrogen-bond acceptors (Lipinski definition) is 5. The number of benzene rings is 1. The van der Waals surface area contributed by atoms with Crippen LogP contribution in [0.1, 0.15) is 20.8 Å². The molecule has 0 saturated heterocycles. The molecule has 0 aliphatic rings. The summed E-state index contributed by atoms with van der Waals surface area (Å²) < 4.78 is 22.9. The van der Waals surface area contributed by atoms with E-state index in [1.54, 1.807) is 20.8 Å². The lowest BCUT2D eigenvalue weighted by Gasteiger charge is -2.21. The third-order valence-electron chi connectivity index (χ3n) is 1.88. The summed E-state index contributed by atoms with van der Waals surface area (Å²) in [5, 5.41) is 10.4. The van der Waals surface area contributed by atoms with Gasteiger partial charge in [-0.25, -0.2) is 4.79 Å². The van der Waals surface area contributed by atoms with Crippen LogP contribution in [0.4, 0.5) is 10.1 Å². The molecule has 1 rings (SSSR count). The average Bonchev–Trinajstić information content (AvgIpc) is 2.27. The van der Waals surface area contributed by atoms with Gasteiger partial charge in [-0.1, -0.05) is 0 Å². The van der Waals surface area contributed by atoms with Gasteiger partial charge in [0, 0.05) is 12.1 Å². The predicted octanol–water partition coefficient (Wildman–Crippen LogP) is 2.61. The number of halogens is 1. The van der Waals surface area contributed by atoms with Crippen molar-refractivity contribution in [2.75, 3.05) is 0 Å². The molecule has 0 saturated carbocycles. The molecule has 0 amide bonds. The molecular formula is C12H14FNO5. The monoisotopic (exact) mass is 271 g/mol. The van der Waals surface area contributed by atoms with Gasteiger partial charge >= 0.3 is 12.3 Å². The number of carbonyl (C=O) groups excluding carboxylic acids is 1. The summed E-state index contributed by atoms with van der Waals surface area (Å²) in [6.45, 7) is 4.80. The maximum Gasteiger partial charge on any atom is 0.381 e. The molecule has 1 atom stereocenters. The van der Waals surface area contributed by atoms with E-state index >= 15 is 0 Å².